The minimum atomic E-state index is -0.556. The summed E-state index contributed by atoms with van der Waals surface area (Å²) in [5.74, 6) is 0.269. The minimum Gasteiger partial charge on any atom is -0.496 e. The number of hydrogen-bond donors (Lipinski definition) is 2. The standard InChI is InChI=1S/C22H23N5O4/c1-22(2,3)18-19(28)24-21(27-25-18)26-23-13-14-9-5-7-11-16(14)31-20(29)15-10-6-8-12-17(15)30-4/h5-13H,1-4H3,(H2,24,26,27,28)/b23-13+. The summed E-state index contributed by atoms with van der Waals surface area (Å²) >= 11 is 0. The number of carbonyl (C=O) groups excluding carboxylic acids is 1. The van der Waals surface area contributed by atoms with Crippen LogP contribution in [0.1, 0.15) is 42.4 Å². The van der Waals surface area contributed by atoms with Crippen molar-refractivity contribution in [3.05, 3.63) is 75.7 Å². The summed E-state index contributed by atoms with van der Waals surface area (Å²) in [6, 6.07) is 13.7. The fraction of sp³-hybridized carbons (Fsp3) is 0.227. The highest BCUT2D eigenvalue weighted by Gasteiger charge is 2.20. The van der Waals surface area contributed by atoms with Gasteiger partial charge in [-0.15, -0.1) is 10.2 Å². The van der Waals surface area contributed by atoms with Gasteiger partial charge in [-0.05, 0) is 24.3 Å². The van der Waals surface area contributed by atoms with Crippen LogP contribution in [0, 0.1) is 0 Å². The maximum Gasteiger partial charge on any atom is 0.347 e. The molecule has 0 saturated heterocycles. The Morgan fingerprint density at radius 2 is 1.74 bits per heavy atom. The Bertz CT molecular complexity index is 1160. The van der Waals surface area contributed by atoms with Crippen LogP contribution in [0.25, 0.3) is 0 Å². The number of anilines is 1. The largest absolute Gasteiger partial charge is 0.496 e. The topological polar surface area (TPSA) is 119 Å². The van der Waals surface area contributed by atoms with Crippen LogP contribution in [0.2, 0.25) is 0 Å². The summed E-state index contributed by atoms with van der Waals surface area (Å²) in [5.41, 5.74) is 3.04. The van der Waals surface area contributed by atoms with E-state index in [0.717, 1.165) is 0 Å². The Balaban J connectivity index is 1.75. The number of rotatable bonds is 6. The molecule has 9 nitrogen and oxygen atoms in total. The van der Waals surface area contributed by atoms with E-state index in [4.69, 9.17) is 9.47 Å². The average molecular weight is 421 g/mol. The number of aromatic nitrogens is 3. The lowest BCUT2D eigenvalue weighted by molar-refractivity contribution is 0.0731. The van der Waals surface area contributed by atoms with Gasteiger partial charge in [0.05, 0.1) is 13.3 Å². The number of ether oxygens (including phenoxy) is 2. The molecule has 2 aromatic carbocycles. The van der Waals surface area contributed by atoms with Crippen LogP contribution in [0.4, 0.5) is 5.95 Å². The number of nitrogens with zero attached hydrogens (tertiary/aromatic N) is 3. The van der Waals surface area contributed by atoms with Gasteiger partial charge in [-0.3, -0.25) is 9.78 Å². The summed E-state index contributed by atoms with van der Waals surface area (Å²) in [4.78, 5) is 27.3. The molecule has 0 aliphatic rings. The van der Waals surface area contributed by atoms with Crippen LogP contribution in [-0.2, 0) is 5.41 Å². The van der Waals surface area contributed by atoms with Crippen molar-refractivity contribution in [2.75, 3.05) is 12.5 Å². The highest BCUT2D eigenvalue weighted by atomic mass is 16.5. The third kappa shape index (κ3) is 5.33. The number of hydrazone groups is 1. The predicted molar refractivity (Wildman–Crippen MR) is 117 cm³/mol. The molecule has 0 saturated carbocycles. The zero-order chi connectivity index (χ0) is 22.4. The van der Waals surface area contributed by atoms with Crippen molar-refractivity contribution in [2.45, 2.75) is 26.2 Å². The normalized spacial score (nSPS) is 11.4. The molecule has 1 heterocycles. The van der Waals surface area contributed by atoms with Crippen molar-refractivity contribution in [1.82, 2.24) is 15.2 Å². The van der Waals surface area contributed by atoms with Crippen molar-refractivity contribution in [3.63, 3.8) is 0 Å². The fourth-order valence-electron chi connectivity index (χ4n) is 2.69. The quantitative estimate of drug-likeness (QED) is 0.272. The van der Waals surface area contributed by atoms with E-state index in [1.807, 2.05) is 20.8 Å². The van der Waals surface area contributed by atoms with E-state index in [1.165, 1.54) is 13.3 Å². The molecule has 0 fully saturated rings. The van der Waals surface area contributed by atoms with Crippen molar-refractivity contribution in [2.24, 2.45) is 5.10 Å². The van der Waals surface area contributed by atoms with Crippen LogP contribution in [-0.4, -0.2) is 34.5 Å². The highest BCUT2D eigenvalue weighted by Crippen LogP contribution is 2.22. The van der Waals surface area contributed by atoms with E-state index in [1.54, 1.807) is 48.5 Å². The number of aromatic amines is 1. The summed E-state index contributed by atoms with van der Waals surface area (Å²) in [6.07, 6.45) is 1.45. The van der Waals surface area contributed by atoms with Crippen LogP contribution in [0.5, 0.6) is 11.5 Å². The first-order chi connectivity index (χ1) is 14.8. The van der Waals surface area contributed by atoms with Crippen molar-refractivity contribution in [1.29, 1.82) is 0 Å². The molecule has 0 atom stereocenters. The molecular formula is C22H23N5O4. The number of hydrogen-bond acceptors (Lipinski definition) is 8. The molecule has 160 valence electrons. The van der Waals surface area contributed by atoms with Gasteiger partial charge in [-0.25, -0.2) is 10.2 Å². The lowest BCUT2D eigenvalue weighted by Gasteiger charge is -2.15. The molecule has 0 aliphatic heterocycles. The summed E-state index contributed by atoms with van der Waals surface area (Å²) in [5, 5.41) is 12.0. The number of methoxy groups -OCH3 is 1. The molecule has 0 bridgehead atoms. The summed E-state index contributed by atoms with van der Waals surface area (Å²) in [7, 11) is 1.49. The molecule has 3 rings (SSSR count). The molecule has 0 unspecified atom stereocenters. The van der Waals surface area contributed by atoms with E-state index in [-0.39, 0.29) is 11.5 Å². The molecule has 0 amide bonds. The third-order valence-corrected chi connectivity index (χ3v) is 4.23. The molecule has 0 spiro atoms. The zero-order valence-corrected chi connectivity index (χ0v) is 17.7. The Labute approximate surface area is 179 Å². The third-order valence-electron chi connectivity index (χ3n) is 4.23. The van der Waals surface area contributed by atoms with Gasteiger partial charge in [0, 0.05) is 11.0 Å². The molecule has 3 aromatic rings. The second-order valence-corrected chi connectivity index (χ2v) is 7.60. The van der Waals surface area contributed by atoms with Gasteiger partial charge in [0.25, 0.3) is 5.56 Å². The van der Waals surface area contributed by atoms with Gasteiger partial charge in [-0.1, -0.05) is 45.0 Å². The second-order valence-electron chi connectivity index (χ2n) is 7.60. The second kappa shape index (κ2) is 9.21. The molecular weight excluding hydrogens is 398 g/mol. The summed E-state index contributed by atoms with van der Waals surface area (Å²) in [6.45, 7) is 5.63. The Morgan fingerprint density at radius 1 is 1.06 bits per heavy atom. The Hall–Kier alpha value is -4.01. The highest BCUT2D eigenvalue weighted by molar-refractivity contribution is 5.95. The lowest BCUT2D eigenvalue weighted by Crippen LogP contribution is -2.28. The molecule has 31 heavy (non-hydrogen) atoms. The van der Waals surface area contributed by atoms with Gasteiger partial charge < -0.3 is 9.47 Å². The SMILES string of the molecule is COc1ccccc1C(=O)Oc1ccccc1/C=N/Nc1nnc(C(C)(C)C)c(=O)[nH]1. The van der Waals surface area contributed by atoms with Crippen LogP contribution >= 0.6 is 0 Å². The van der Waals surface area contributed by atoms with Crippen molar-refractivity contribution in [3.8, 4) is 11.5 Å². The fourth-order valence-corrected chi connectivity index (χ4v) is 2.69. The van der Waals surface area contributed by atoms with E-state index in [2.05, 4.69) is 25.7 Å². The van der Waals surface area contributed by atoms with Crippen LogP contribution in [0.15, 0.2) is 58.4 Å². The Kier molecular flexibility index (Phi) is 6.44. The minimum absolute atomic E-state index is 0.0951. The van der Waals surface area contributed by atoms with E-state index in [0.29, 0.717) is 28.3 Å². The van der Waals surface area contributed by atoms with Gasteiger partial charge in [0.2, 0.25) is 5.95 Å². The predicted octanol–water partition coefficient (Wildman–Crippen LogP) is 3.14. The number of carbonyl (C=O) groups is 1. The van der Waals surface area contributed by atoms with E-state index in [9.17, 15) is 9.59 Å². The number of nitrogens with one attached hydrogen (secondary N) is 2. The molecule has 0 aliphatic carbocycles. The number of H-pyrrole nitrogens is 1. The van der Waals surface area contributed by atoms with Crippen molar-refractivity contribution < 1.29 is 14.3 Å². The van der Waals surface area contributed by atoms with Gasteiger partial charge in [-0.2, -0.15) is 5.10 Å². The van der Waals surface area contributed by atoms with E-state index < -0.39 is 11.4 Å². The van der Waals surface area contributed by atoms with Gasteiger partial charge in [0.1, 0.15) is 22.8 Å². The number of para-hydroxylation sites is 2. The average Bonchev–Trinajstić information content (AvgIpc) is 2.74. The molecule has 2 N–H and O–H groups in total. The first kappa shape index (κ1) is 21.7. The van der Waals surface area contributed by atoms with E-state index >= 15 is 0 Å². The summed E-state index contributed by atoms with van der Waals surface area (Å²) < 4.78 is 10.7. The van der Waals surface area contributed by atoms with Gasteiger partial charge >= 0.3 is 5.97 Å². The molecule has 9 heteroatoms. The lowest BCUT2D eigenvalue weighted by atomic mass is 9.93. The number of esters is 1. The maximum absolute atomic E-state index is 12.6. The van der Waals surface area contributed by atoms with Crippen LogP contribution < -0.4 is 20.5 Å². The Morgan fingerprint density at radius 3 is 2.42 bits per heavy atom. The molecule has 0 radical (unpaired) electrons. The first-order valence-corrected chi connectivity index (χ1v) is 9.50. The smallest absolute Gasteiger partial charge is 0.347 e. The first-order valence-electron chi connectivity index (χ1n) is 9.50. The molecule has 1 aromatic heterocycles. The van der Waals surface area contributed by atoms with Crippen LogP contribution in [0.3, 0.4) is 0 Å². The monoisotopic (exact) mass is 421 g/mol. The van der Waals surface area contributed by atoms with Crippen molar-refractivity contribution >= 4 is 18.1 Å². The number of benzene rings is 2. The van der Waals surface area contributed by atoms with Gasteiger partial charge in [0.15, 0.2) is 0 Å². The zero-order valence-electron chi connectivity index (χ0n) is 17.7. The maximum atomic E-state index is 12.6.